The molecule has 0 radical (unpaired) electrons. The van der Waals surface area contributed by atoms with Crippen LogP contribution in [0.2, 0.25) is 0 Å². The van der Waals surface area contributed by atoms with Gasteiger partial charge in [-0.15, -0.1) is 0 Å². The number of methoxy groups -OCH3 is 1. The quantitative estimate of drug-likeness (QED) is 0.767. The van der Waals surface area contributed by atoms with E-state index >= 15 is 0 Å². The molecule has 0 aliphatic heterocycles. The Morgan fingerprint density at radius 1 is 1.00 bits per heavy atom. The third kappa shape index (κ3) is 5.53. The van der Waals surface area contributed by atoms with Crippen LogP contribution in [0.15, 0.2) is 12.1 Å². The van der Waals surface area contributed by atoms with Crippen LogP contribution in [-0.4, -0.2) is 13.2 Å². The summed E-state index contributed by atoms with van der Waals surface area (Å²) in [7, 11) is 1.79. The van der Waals surface area contributed by atoms with Gasteiger partial charge >= 0.3 is 0 Å². The van der Waals surface area contributed by atoms with Crippen LogP contribution in [0, 0.1) is 0 Å². The van der Waals surface area contributed by atoms with Crippen LogP contribution in [0.25, 0.3) is 0 Å². The number of benzene rings is 1. The molecule has 0 aliphatic carbocycles. The van der Waals surface area contributed by atoms with Crippen LogP contribution in [-0.2, 0) is 17.3 Å². The number of hydrogen-bond donors (Lipinski definition) is 1. The zero-order chi connectivity index (χ0) is 17.8. The van der Waals surface area contributed by atoms with Crippen molar-refractivity contribution in [2.75, 3.05) is 7.11 Å². The summed E-state index contributed by atoms with van der Waals surface area (Å²) in [4.78, 5) is 0. The predicted octanol–water partition coefficient (Wildman–Crippen LogP) is 5.35. The monoisotopic (exact) mass is 319 g/mol. The van der Waals surface area contributed by atoms with Crippen LogP contribution < -0.4 is 10.5 Å². The highest BCUT2D eigenvalue weighted by atomic mass is 16.5. The lowest BCUT2D eigenvalue weighted by Crippen LogP contribution is -2.20. The maximum absolute atomic E-state index is 6.06. The van der Waals surface area contributed by atoms with Gasteiger partial charge in [0.15, 0.2) is 0 Å². The number of nitrogens with two attached hydrogens (primary N) is 1. The fraction of sp³-hybridized carbons (Fsp3) is 0.714. The summed E-state index contributed by atoms with van der Waals surface area (Å²) in [5.74, 6) is 1.05. The average molecular weight is 320 g/mol. The van der Waals surface area contributed by atoms with E-state index in [1.807, 2.05) is 0 Å². The predicted molar refractivity (Wildman–Crippen MR) is 102 cm³/mol. The highest BCUT2D eigenvalue weighted by Crippen LogP contribution is 2.40. The first-order chi connectivity index (χ1) is 10.5. The van der Waals surface area contributed by atoms with Crippen molar-refractivity contribution in [3.05, 3.63) is 28.8 Å². The van der Waals surface area contributed by atoms with Crippen molar-refractivity contribution in [2.24, 2.45) is 5.73 Å². The summed E-state index contributed by atoms with van der Waals surface area (Å²) >= 11 is 0. The largest absolute Gasteiger partial charge is 0.496 e. The van der Waals surface area contributed by atoms with E-state index in [0.717, 1.165) is 31.4 Å². The Balaban J connectivity index is 3.23. The molecular formula is C21H37NO. The fourth-order valence-electron chi connectivity index (χ4n) is 2.94. The van der Waals surface area contributed by atoms with Gasteiger partial charge in [-0.1, -0.05) is 60.6 Å². The van der Waals surface area contributed by atoms with Gasteiger partial charge in [0.05, 0.1) is 7.11 Å². The second-order valence-electron chi connectivity index (χ2n) is 8.78. The molecule has 0 heterocycles. The van der Waals surface area contributed by atoms with Crippen LogP contribution in [0.1, 0.15) is 84.4 Å². The lowest BCUT2D eigenvalue weighted by Gasteiger charge is -2.30. The smallest absolute Gasteiger partial charge is 0.126 e. The summed E-state index contributed by atoms with van der Waals surface area (Å²) in [6, 6.07) is 5.01. The van der Waals surface area contributed by atoms with E-state index < -0.39 is 0 Å². The first-order valence-electron chi connectivity index (χ1n) is 8.98. The molecule has 0 aliphatic rings. The summed E-state index contributed by atoms with van der Waals surface area (Å²) in [6.45, 7) is 15.7. The summed E-state index contributed by atoms with van der Waals surface area (Å²) in [5.41, 5.74) is 10.2. The van der Waals surface area contributed by atoms with Crippen LogP contribution in [0.4, 0.5) is 0 Å². The molecule has 2 N–H and O–H groups in total. The second kappa shape index (κ2) is 7.70. The van der Waals surface area contributed by atoms with Gasteiger partial charge in [-0.3, -0.25) is 0 Å². The number of rotatable bonds is 6. The van der Waals surface area contributed by atoms with Gasteiger partial charge in [-0.2, -0.15) is 0 Å². The molecule has 132 valence electrons. The summed E-state index contributed by atoms with van der Waals surface area (Å²) in [6.07, 6.45) is 4.39. The molecule has 0 aromatic heterocycles. The lowest BCUT2D eigenvalue weighted by molar-refractivity contribution is 0.381. The SMILES string of the molecule is CCC(N)CCCc1cc(C(C)(C)C)c(OC)c(C(C)(C)C)c1. The zero-order valence-electron chi connectivity index (χ0n) is 16.5. The van der Waals surface area contributed by atoms with Crippen molar-refractivity contribution >= 4 is 0 Å². The highest BCUT2D eigenvalue weighted by Gasteiger charge is 2.27. The summed E-state index contributed by atoms with van der Waals surface area (Å²) < 4.78 is 5.82. The van der Waals surface area contributed by atoms with Gasteiger partial charge in [0.1, 0.15) is 5.75 Å². The Kier molecular flexibility index (Phi) is 6.70. The maximum Gasteiger partial charge on any atom is 0.126 e. The summed E-state index contributed by atoms with van der Waals surface area (Å²) in [5, 5.41) is 0. The van der Waals surface area contributed by atoms with E-state index in [4.69, 9.17) is 10.5 Å². The molecule has 2 heteroatoms. The van der Waals surface area contributed by atoms with Crippen molar-refractivity contribution in [2.45, 2.75) is 91.0 Å². The topological polar surface area (TPSA) is 35.2 Å². The first kappa shape index (κ1) is 20.0. The fourth-order valence-corrected chi connectivity index (χ4v) is 2.94. The van der Waals surface area contributed by atoms with Gasteiger partial charge in [0, 0.05) is 17.2 Å². The Labute approximate surface area is 143 Å². The Morgan fingerprint density at radius 3 is 1.83 bits per heavy atom. The number of ether oxygens (including phenoxy) is 1. The molecule has 0 spiro atoms. The minimum absolute atomic E-state index is 0.0706. The molecular weight excluding hydrogens is 282 g/mol. The van der Waals surface area contributed by atoms with E-state index in [0.29, 0.717) is 6.04 Å². The van der Waals surface area contributed by atoms with Gasteiger partial charge in [-0.05, 0) is 42.1 Å². The number of hydrogen-bond acceptors (Lipinski definition) is 2. The van der Waals surface area contributed by atoms with Crippen molar-refractivity contribution in [1.29, 1.82) is 0 Å². The van der Waals surface area contributed by atoms with Crippen molar-refractivity contribution in [3.8, 4) is 5.75 Å². The van der Waals surface area contributed by atoms with Crippen molar-refractivity contribution in [1.82, 2.24) is 0 Å². The molecule has 1 aromatic carbocycles. The molecule has 23 heavy (non-hydrogen) atoms. The molecule has 0 saturated carbocycles. The molecule has 0 bridgehead atoms. The Morgan fingerprint density at radius 2 is 1.48 bits per heavy atom. The lowest BCUT2D eigenvalue weighted by atomic mass is 9.78. The third-order valence-electron chi connectivity index (χ3n) is 4.53. The minimum Gasteiger partial charge on any atom is -0.496 e. The molecule has 0 amide bonds. The van der Waals surface area contributed by atoms with Gasteiger partial charge in [0.25, 0.3) is 0 Å². The average Bonchev–Trinajstić information content (AvgIpc) is 2.44. The van der Waals surface area contributed by atoms with E-state index in [2.05, 4.69) is 60.6 Å². The number of aryl methyl sites for hydroxylation is 1. The standard InChI is InChI=1S/C21H37NO/c1-9-16(22)12-10-11-15-13-17(20(2,3)4)19(23-8)18(14-15)21(5,6)7/h13-14,16H,9-12,22H2,1-8H3. The van der Waals surface area contributed by atoms with Gasteiger partial charge in [-0.25, -0.2) is 0 Å². The highest BCUT2D eigenvalue weighted by molar-refractivity contribution is 5.50. The molecule has 1 aromatic rings. The maximum atomic E-state index is 6.06. The molecule has 1 unspecified atom stereocenters. The second-order valence-corrected chi connectivity index (χ2v) is 8.78. The van der Waals surface area contributed by atoms with E-state index in [1.54, 1.807) is 7.11 Å². The van der Waals surface area contributed by atoms with E-state index in [-0.39, 0.29) is 10.8 Å². The normalized spacial score (nSPS) is 14.0. The van der Waals surface area contributed by atoms with Gasteiger partial charge < -0.3 is 10.5 Å². The Hall–Kier alpha value is -1.02. The minimum atomic E-state index is 0.0706. The van der Waals surface area contributed by atoms with Gasteiger partial charge in [0.2, 0.25) is 0 Å². The van der Waals surface area contributed by atoms with Crippen molar-refractivity contribution < 1.29 is 4.74 Å². The molecule has 1 atom stereocenters. The zero-order valence-corrected chi connectivity index (χ0v) is 16.5. The first-order valence-corrected chi connectivity index (χ1v) is 8.98. The van der Waals surface area contributed by atoms with Crippen LogP contribution in [0.3, 0.4) is 0 Å². The Bertz CT molecular complexity index is 471. The van der Waals surface area contributed by atoms with Crippen molar-refractivity contribution in [3.63, 3.8) is 0 Å². The van der Waals surface area contributed by atoms with Crippen LogP contribution >= 0.6 is 0 Å². The molecule has 1 rings (SSSR count). The van der Waals surface area contributed by atoms with Crippen LogP contribution in [0.5, 0.6) is 5.75 Å². The van der Waals surface area contributed by atoms with E-state index in [1.165, 1.54) is 16.7 Å². The third-order valence-corrected chi connectivity index (χ3v) is 4.53. The molecule has 2 nitrogen and oxygen atoms in total. The molecule has 0 saturated heterocycles. The van der Waals surface area contributed by atoms with E-state index in [9.17, 15) is 0 Å². The molecule has 0 fully saturated rings.